The average Bonchev–Trinajstić information content (AvgIpc) is 2.33. The van der Waals surface area contributed by atoms with E-state index in [0.717, 1.165) is 0 Å². The van der Waals surface area contributed by atoms with Gasteiger partial charge in [0.05, 0.1) is 12.5 Å². The second-order valence-electron chi connectivity index (χ2n) is 3.54. The van der Waals surface area contributed by atoms with Crippen molar-refractivity contribution in [3.63, 3.8) is 0 Å². The number of hydrogen-bond donors (Lipinski definition) is 2. The first-order chi connectivity index (χ1) is 8.17. The van der Waals surface area contributed by atoms with Crippen LogP contribution in [0.25, 0.3) is 0 Å². The van der Waals surface area contributed by atoms with Crippen molar-refractivity contribution in [1.82, 2.24) is 4.90 Å². The second-order valence-corrected chi connectivity index (χ2v) is 3.54. The Balaban J connectivity index is 2.58. The molecule has 1 aromatic carbocycles. The lowest BCUT2D eigenvalue weighted by Crippen LogP contribution is -2.35. The minimum absolute atomic E-state index is 0.201. The number of nitriles is 1. The molecule has 1 aromatic rings. The Morgan fingerprint density at radius 3 is 2.65 bits per heavy atom. The van der Waals surface area contributed by atoms with Crippen LogP contribution in [0.1, 0.15) is 13.3 Å². The topological polar surface area (TPSA) is 82.2 Å². The van der Waals surface area contributed by atoms with Gasteiger partial charge in [-0.15, -0.1) is 0 Å². The van der Waals surface area contributed by atoms with Gasteiger partial charge in [0.25, 0.3) is 0 Å². The number of benzene rings is 1. The molecule has 0 unspecified atom stereocenters. The molecule has 0 spiro atoms. The van der Waals surface area contributed by atoms with E-state index < -0.39 is 0 Å². The lowest BCUT2D eigenvalue weighted by molar-refractivity contribution is 0.215. The largest absolute Gasteiger partial charge is 0.399 e. The lowest BCUT2D eigenvalue weighted by atomic mass is 10.3. The molecule has 90 valence electrons. The van der Waals surface area contributed by atoms with Gasteiger partial charge in [0.1, 0.15) is 0 Å². The highest BCUT2D eigenvalue weighted by molar-refractivity contribution is 5.89. The van der Waals surface area contributed by atoms with Crippen LogP contribution in [-0.4, -0.2) is 24.0 Å². The van der Waals surface area contributed by atoms with Crippen molar-refractivity contribution >= 4 is 17.4 Å². The standard InChI is InChI=1S/C12H16N4O/c1-2-16(9-3-8-13)12(17)15-11-6-4-10(14)5-7-11/h4-7H,2-3,9,14H2,1H3,(H,15,17). The summed E-state index contributed by atoms with van der Waals surface area (Å²) in [6.45, 7) is 2.89. The second kappa shape index (κ2) is 6.38. The van der Waals surface area contributed by atoms with Gasteiger partial charge >= 0.3 is 6.03 Å². The zero-order chi connectivity index (χ0) is 12.7. The Kier molecular flexibility index (Phi) is 4.82. The first-order valence-electron chi connectivity index (χ1n) is 5.45. The number of nitrogens with one attached hydrogen (secondary N) is 1. The Morgan fingerprint density at radius 1 is 1.47 bits per heavy atom. The number of carbonyl (C=O) groups is 1. The molecule has 0 radical (unpaired) electrons. The van der Waals surface area contributed by atoms with E-state index in [1.165, 1.54) is 0 Å². The van der Waals surface area contributed by atoms with Crippen LogP contribution >= 0.6 is 0 Å². The molecule has 2 amide bonds. The molecule has 3 N–H and O–H groups in total. The molecule has 0 saturated heterocycles. The molecule has 0 aromatic heterocycles. The van der Waals surface area contributed by atoms with Crippen LogP contribution in [0.4, 0.5) is 16.2 Å². The Labute approximate surface area is 101 Å². The Morgan fingerprint density at radius 2 is 2.12 bits per heavy atom. The number of carbonyl (C=O) groups excluding carboxylic acids is 1. The maximum Gasteiger partial charge on any atom is 0.321 e. The third-order valence-electron chi connectivity index (χ3n) is 2.32. The average molecular weight is 232 g/mol. The fourth-order valence-electron chi connectivity index (χ4n) is 1.36. The summed E-state index contributed by atoms with van der Waals surface area (Å²) in [6.07, 6.45) is 0.336. The number of rotatable bonds is 4. The minimum Gasteiger partial charge on any atom is -0.399 e. The third-order valence-corrected chi connectivity index (χ3v) is 2.32. The highest BCUT2D eigenvalue weighted by Crippen LogP contribution is 2.11. The normalized spacial score (nSPS) is 9.41. The van der Waals surface area contributed by atoms with Crippen molar-refractivity contribution in [2.24, 2.45) is 0 Å². The van der Waals surface area contributed by atoms with Gasteiger partial charge in [-0.05, 0) is 31.2 Å². The molecule has 0 aliphatic carbocycles. The molecule has 0 atom stereocenters. The maximum atomic E-state index is 11.8. The molecule has 0 fully saturated rings. The summed E-state index contributed by atoms with van der Waals surface area (Å²) in [5.74, 6) is 0. The van der Waals surface area contributed by atoms with E-state index in [1.807, 2.05) is 13.0 Å². The molecule has 5 nitrogen and oxygen atoms in total. The molecule has 5 heteroatoms. The predicted octanol–water partition coefficient (Wildman–Crippen LogP) is 2.04. The van der Waals surface area contributed by atoms with Crippen molar-refractivity contribution in [1.29, 1.82) is 5.26 Å². The molecule has 0 heterocycles. The van der Waals surface area contributed by atoms with Crippen LogP contribution in [0.5, 0.6) is 0 Å². The van der Waals surface area contributed by atoms with Crippen molar-refractivity contribution in [2.45, 2.75) is 13.3 Å². The zero-order valence-electron chi connectivity index (χ0n) is 9.81. The van der Waals surface area contributed by atoms with Crippen LogP contribution < -0.4 is 11.1 Å². The summed E-state index contributed by atoms with van der Waals surface area (Å²) in [6, 6.07) is 8.75. The monoisotopic (exact) mass is 232 g/mol. The first-order valence-corrected chi connectivity index (χ1v) is 5.45. The molecule has 0 aliphatic rings. The van der Waals surface area contributed by atoms with E-state index in [-0.39, 0.29) is 6.03 Å². The highest BCUT2D eigenvalue weighted by atomic mass is 16.2. The maximum absolute atomic E-state index is 11.8. The Hall–Kier alpha value is -2.22. The quantitative estimate of drug-likeness (QED) is 0.779. The lowest BCUT2D eigenvalue weighted by Gasteiger charge is -2.20. The summed E-state index contributed by atoms with van der Waals surface area (Å²) in [5, 5.41) is 11.2. The third kappa shape index (κ3) is 4.03. The van der Waals surface area contributed by atoms with Gasteiger partial charge in [0.2, 0.25) is 0 Å². The van der Waals surface area contributed by atoms with Crippen molar-refractivity contribution in [3.05, 3.63) is 24.3 Å². The van der Waals surface area contributed by atoms with Crippen LogP contribution in [0, 0.1) is 11.3 Å². The van der Waals surface area contributed by atoms with Crippen LogP contribution in [0.3, 0.4) is 0 Å². The van der Waals surface area contributed by atoms with Crippen molar-refractivity contribution < 1.29 is 4.79 Å². The molecule has 17 heavy (non-hydrogen) atoms. The molecular weight excluding hydrogens is 216 g/mol. The zero-order valence-corrected chi connectivity index (χ0v) is 9.81. The van der Waals surface area contributed by atoms with Gasteiger partial charge in [-0.2, -0.15) is 5.26 Å². The fraction of sp³-hybridized carbons (Fsp3) is 0.333. The van der Waals surface area contributed by atoms with Crippen LogP contribution in [0.15, 0.2) is 24.3 Å². The van der Waals surface area contributed by atoms with Gasteiger partial charge in [-0.25, -0.2) is 4.79 Å². The van der Waals surface area contributed by atoms with Gasteiger partial charge in [-0.1, -0.05) is 0 Å². The van der Waals surface area contributed by atoms with E-state index in [9.17, 15) is 4.79 Å². The smallest absolute Gasteiger partial charge is 0.321 e. The van der Waals surface area contributed by atoms with E-state index in [4.69, 9.17) is 11.0 Å². The van der Waals surface area contributed by atoms with Crippen LogP contribution in [-0.2, 0) is 0 Å². The Bertz CT molecular complexity index is 408. The number of nitrogens with two attached hydrogens (primary N) is 1. The first kappa shape index (κ1) is 12.8. The van der Waals surface area contributed by atoms with Gasteiger partial charge in [0, 0.05) is 24.5 Å². The fourth-order valence-corrected chi connectivity index (χ4v) is 1.36. The minimum atomic E-state index is -0.201. The number of urea groups is 1. The van der Waals surface area contributed by atoms with E-state index >= 15 is 0 Å². The summed E-state index contributed by atoms with van der Waals surface area (Å²) < 4.78 is 0. The molecule has 0 bridgehead atoms. The van der Waals surface area contributed by atoms with Gasteiger partial charge < -0.3 is 16.0 Å². The summed E-state index contributed by atoms with van der Waals surface area (Å²) in [5.41, 5.74) is 6.90. The summed E-state index contributed by atoms with van der Waals surface area (Å²) in [7, 11) is 0. The molecule has 1 rings (SSSR count). The van der Waals surface area contributed by atoms with Gasteiger partial charge in [0.15, 0.2) is 0 Å². The predicted molar refractivity (Wildman–Crippen MR) is 67.4 cm³/mol. The number of anilines is 2. The molecule has 0 saturated carbocycles. The summed E-state index contributed by atoms with van der Waals surface area (Å²) in [4.78, 5) is 13.4. The van der Waals surface area contributed by atoms with Crippen LogP contribution in [0.2, 0.25) is 0 Å². The number of amides is 2. The molecular formula is C12H16N4O. The number of nitrogen functional groups attached to an aromatic ring is 1. The van der Waals surface area contributed by atoms with Crippen molar-refractivity contribution in [2.75, 3.05) is 24.1 Å². The number of hydrogen-bond acceptors (Lipinski definition) is 3. The van der Waals surface area contributed by atoms with E-state index in [0.29, 0.717) is 30.9 Å². The summed E-state index contributed by atoms with van der Waals surface area (Å²) >= 11 is 0. The van der Waals surface area contributed by atoms with Crippen molar-refractivity contribution in [3.8, 4) is 6.07 Å². The van der Waals surface area contributed by atoms with E-state index in [1.54, 1.807) is 29.2 Å². The SMILES string of the molecule is CCN(CCC#N)C(=O)Nc1ccc(N)cc1. The van der Waals surface area contributed by atoms with Gasteiger partial charge in [-0.3, -0.25) is 0 Å². The molecule has 0 aliphatic heterocycles. The number of nitrogens with zero attached hydrogens (tertiary/aromatic N) is 2. The van der Waals surface area contributed by atoms with E-state index in [2.05, 4.69) is 5.32 Å². The highest BCUT2D eigenvalue weighted by Gasteiger charge is 2.10.